The molecule has 1 aromatic heterocycles. The molecule has 4 rings (SSSR count). The number of hydrogen-bond donors (Lipinski definition) is 1. The Morgan fingerprint density at radius 3 is 2.70 bits per heavy atom. The van der Waals surface area contributed by atoms with Gasteiger partial charge in [-0.2, -0.15) is 0 Å². The van der Waals surface area contributed by atoms with Crippen LogP contribution in [0.25, 0.3) is 10.9 Å². The van der Waals surface area contributed by atoms with E-state index in [4.69, 9.17) is 4.74 Å². The number of benzene rings is 1. The summed E-state index contributed by atoms with van der Waals surface area (Å²) >= 11 is 0. The summed E-state index contributed by atoms with van der Waals surface area (Å²) in [6, 6.07) is 8.20. The number of nitrogens with one attached hydrogen (secondary N) is 1. The quantitative estimate of drug-likeness (QED) is 0.895. The monoisotopic (exact) mass is 368 g/mol. The van der Waals surface area contributed by atoms with E-state index in [1.54, 1.807) is 0 Å². The number of fused-ring (bicyclic) bond motifs is 1. The molecule has 2 aliphatic rings. The molecule has 1 aliphatic heterocycles. The van der Waals surface area contributed by atoms with Crippen molar-refractivity contribution in [2.24, 2.45) is 0 Å². The SMILES string of the molecule is Cc1ccc2cc(CN(C(=O)[C@@H]3CCCO3)C3CCCCC3)c(=O)[nH]c2c1. The van der Waals surface area contributed by atoms with Crippen molar-refractivity contribution in [1.29, 1.82) is 0 Å². The number of nitrogens with zero attached hydrogens (tertiary/aromatic N) is 1. The van der Waals surface area contributed by atoms with Gasteiger partial charge >= 0.3 is 0 Å². The fourth-order valence-corrected chi connectivity index (χ4v) is 4.40. The molecule has 27 heavy (non-hydrogen) atoms. The molecular formula is C22H28N2O3. The van der Waals surface area contributed by atoms with E-state index in [0.29, 0.717) is 18.7 Å². The Bertz CT molecular complexity index is 877. The number of amides is 1. The van der Waals surface area contributed by atoms with Gasteiger partial charge in [0.2, 0.25) is 0 Å². The number of aromatic nitrogens is 1. The molecule has 144 valence electrons. The number of pyridine rings is 1. The lowest BCUT2D eigenvalue weighted by Gasteiger charge is -2.35. The molecule has 0 unspecified atom stereocenters. The van der Waals surface area contributed by atoms with E-state index in [1.165, 1.54) is 6.42 Å². The van der Waals surface area contributed by atoms with Gasteiger partial charge < -0.3 is 14.6 Å². The van der Waals surface area contributed by atoms with Crippen LogP contribution in [0.4, 0.5) is 0 Å². The van der Waals surface area contributed by atoms with Crippen molar-refractivity contribution in [1.82, 2.24) is 9.88 Å². The molecule has 1 N–H and O–H groups in total. The number of ether oxygens (including phenoxy) is 1. The van der Waals surface area contributed by atoms with Crippen LogP contribution < -0.4 is 5.56 Å². The first-order valence-electron chi connectivity index (χ1n) is 10.2. The Balaban J connectivity index is 1.64. The topological polar surface area (TPSA) is 62.4 Å². The van der Waals surface area contributed by atoms with Crippen LogP contribution in [0.5, 0.6) is 0 Å². The predicted molar refractivity (Wildman–Crippen MR) is 106 cm³/mol. The molecule has 2 heterocycles. The zero-order chi connectivity index (χ0) is 18.8. The minimum Gasteiger partial charge on any atom is -0.368 e. The van der Waals surface area contributed by atoms with Crippen molar-refractivity contribution >= 4 is 16.8 Å². The molecule has 2 fully saturated rings. The molecule has 0 radical (unpaired) electrons. The number of carbonyl (C=O) groups excluding carboxylic acids is 1. The number of rotatable bonds is 4. The first kappa shape index (κ1) is 18.2. The molecule has 5 heteroatoms. The van der Waals surface area contributed by atoms with Crippen molar-refractivity contribution < 1.29 is 9.53 Å². The average molecular weight is 368 g/mol. The summed E-state index contributed by atoms with van der Waals surface area (Å²) in [5.41, 5.74) is 2.51. The Kier molecular flexibility index (Phi) is 5.30. The highest BCUT2D eigenvalue weighted by molar-refractivity contribution is 5.82. The van der Waals surface area contributed by atoms with Gasteiger partial charge in [0.15, 0.2) is 0 Å². The Morgan fingerprint density at radius 2 is 1.96 bits per heavy atom. The van der Waals surface area contributed by atoms with E-state index in [-0.39, 0.29) is 23.6 Å². The largest absolute Gasteiger partial charge is 0.368 e. The number of H-pyrrole nitrogens is 1. The molecule has 1 aromatic carbocycles. The summed E-state index contributed by atoms with van der Waals surface area (Å²) in [6.07, 6.45) is 6.94. The second-order valence-corrected chi connectivity index (χ2v) is 7.97. The van der Waals surface area contributed by atoms with Crippen molar-refractivity contribution in [2.45, 2.75) is 70.6 Å². The second-order valence-electron chi connectivity index (χ2n) is 7.97. The maximum Gasteiger partial charge on any atom is 0.253 e. The van der Waals surface area contributed by atoms with E-state index in [9.17, 15) is 9.59 Å². The van der Waals surface area contributed by atoms with Crippen LogP contribution in [-0.2, 0) is 16.1 Å². The number of carbonyl (C=O) groups is 1. The fourth-order valence-electron chi connectivity index (χ4n) is 4.40. The highest BCUT2D eigenvalue weighted by Gasteiger charge is 2.33. The molecule has 1 atom stereocenters. The summed E-state index contributed by atoms with van der Waals surface area (Å²) in [4.78, 5) is 30.8. The van der Waals surface area contributed by atoms with Crippen LogP contribution in [0.15, 0.2) is 29.1 Å². The Morgan fingerprint density at radius 1 is 1.15 bits per heavy atom. The van der Waals surface area contributed by atoms with Crippen LogP contribution in [0.1, 0.15) is 56.1 Å². The Labute approximate surface area is 159 Å². The summed E-state index contributed by atoms with van der Waals surface area (Å²) in [7, 11) is 0. The van der Waals surface area contributed by atoms with Crippen molar-refractivity contribution in [2.75, 3.05) is 6.61 Å². The summed E-state index contributed by atoms with van der Waals surface area (Å²) in [6.45, 7) is 3.03. The minimum atomic E-state index is -0.339. The maximum absolute atomic E-state index is 13.2. The second kappa shape index (κ2) is 7.85. The standard InChI is InChI=1S/C22H28N2O3/c1-15-9-10-16-13-17(21(25)23-19(16)12-15)14-24(18-6-3-2-4-7-18)22(26)20-8-5-11-27-20/h9-10,12-13,18,20H,2-8,11,14H2,1H3,(H,23,25)/t20-/m0/s1. The van der Waals surface area contributed by atoms with E-state index in [1.807, 2.05) is 36.1 Å². The van der Waals surface area contributed by atoms with E-state index < -0.39 is 0 Å². The van der Waals surface area contributed by atoms with Gasteiger partial charge in [0.1, 0.15) is 6.10 Å². The highest BCUT2D eigenvalue weighted by Crippen LogP contribution is 2.27. The van der Waals surface area contributed by atoms with Gasteiger partial charge in [-0.3, -0.25) is 9.59 Å². The lowest BCUT2D eigenvalue weighted by Crippen LogP contribution is -2.46. The summed E-state index contributed by atoms with van der Waals surface area (Å²) in [5.74, 6) is 0.0582. The molecule has 1 saturated heterocycles. The molecule has 2 aromatic rings. The molecule has 5 nitrogen and oxygen atoms in total. The van der Waals surface area contributed by atoms with Gasteiger partial charge in [-0.15, -0.1) is 0 Å². The van der Waals surface area contributed by atoms with Gasteiger partial charge in [-0.25, -0.2) is 0 Å². The normalized spacial score (nSPS) is 20.9. The van der Waals surface area contributed by atoms with Crippen LogP contribution in [0, 0.1) is 6.92 Å². The van der Waals surface area contributed by atoms with Crippen molar-refractivity contribution in [3.8, 4) is 0 Å². The van der Waals surface area contributed by atoms with Gasteiger partial charge in [0.25, 0.3) is 11.5 Å². The van der Waals surface area contributed by atoms with Crippen LogP contribution in [0.3, 0.4) is 0 Å². The van der Waals surface area contributed by atoms with E-state index in [2.05, 4.69) is 4.98 Å². The minimum absolute atomic E-state index is 0.0582. The molecule has 1 amide bonds. The fraction of sp³-hybridized carbons (Fsp3) is 0.545. The first-order valence-corrected chi connectivity index (χ1v) is 10.2. The summed E-state index contributed by atoms with van der Waals surface area (Å²) in [5, 5.41) is 1.00. The van der Waals surface area contributed by atoms with Crippen LogP contribution in [0.2, 0.25) is 0 Å². The smallest absolute Gasteiger partial charge is 0.253 e. The van der Waals surface area contributed by atoms with Gasteiger partial charge in [0.05, 0.1) is 6.54 Å². The lowest BCUT2D eigenvalue weighted by molar-refractivity contribution is -0.144. The lowest BCUT2D eigenvalue weighted by atomic mass is 9.93. The van der Waals surface area contributed by atoms with Crippen molar-refractivity contribution in [3.05, 3.63) is 45.7 Å². The first-order chi connectivity index (χ1) is 13.1. The summed E-state index contributed by atoms with van der Waals surface area (Å²) < 4.78 is 5.66. The van der Waals surface area contributed by atoms with Gasteiger partial charge in [-0.1, -0.05) is 31.4 Å². The predicted octanol–water partition coefficient (Wildman–Crippen LogP) is 3.68. The zero-order valence-corrected chi connectivity index (χ0v) is 16.0. The molecule has 1 saturated carbocycles. The van der Waals surface area contributed by atoms with Crippen LogP contribution in [-0.4, -0.2) is 34.5 Å². The third-order valence-corrected chi connectivity index (χ3v) is 5.92. The van der Waals surface area contributed by atoms with Crippen LogP contribution >= 0.6 is 0 Å². The van der Waals surface area contributed by atoms with Crippen molar-refractivity contribution in [3.63, 3.8) is 0 Å². The molecule has 0 bridgehead atoms. The zero-order valence-electron chi connectivity index (χ0n) is 16.0. The Hall–Kier alpha value is -2.14. The molecule has 1 aliphatic carbocycles. The van der Waals surface area contributed by atoms with Gasteiger partial charge in [0, 0.05) is 23.7 Å². The van der Waals surface area contributed by atoms with E-state index in [0.717, 1.165) is 55.0 Å². The number of aromatic amines is 1. The number of hydrogen-bond acceptors (Lipinski definition) is 3. The molecular weight excluding hydrogens is 340 g/mol. The maximum atomic E-state index is 13.2. The third kappa shape index (κ3) is 3.93. The highest BCUT2D eigenvalue weighted by atomic mass is 16.5. The average Bonchev–Trinajstić information content (AvgIpc) is 3.21. The molecule has 0 spiro atoms. The van der Waals surface area contributed by atoms with E-state index >= 15 is 0 Å². The van der Waals surface area contributed by atoms with Gasteiger partial charge in [-0.05, 0) is 55.7 Å². The number of aryl methyl sites for hydroxylation is 1. The third-order valence-electron chi connectivity index (χ3n) is 5.92.